The van der Waals surface area contributed by atoms with E-state index >= 15 is 0 Å². The summed E-state index contributed by atoms with van der Waals surface area (Å²) in [5, 5.41) is 11.0. The van der Waals surface area contributed by atoms with Crippen LogP contribution in [0, 0.1) is 6.92 Å². The molecule has 4 heteroatoms. The number of nitrogens with two attached hydrogens (primary N) is 1. The van der Waals surface area contributed by atoms with Crippen molar-refractivity contribution in [2.75, 3.05) is 5.73 Å². The second-order valence-electron chi connectivity index (χ2n) is 5.12. The second kappa shape index (κ2) is 4.31. The van der Waals surface area contributed by atoms with Gasteiger partial charge in [-0.2, -0.15) is 0 Å². The molecule has 4 nitrogen and oxygen atoms in total. The zero-order chi connectivity index (χ0) is 14.4. The lowest BCUT2D eigenvalue weighted by molar-refractivity contribution is 1.08. The predicted molar refractivity (Wildman–Crippen MR) is 85.1 cm³/mol. The molecule has 0 saturated heterocycles. The molecule has 0 spiro atoms. The summed E-state index contributed by atoms with van der Waals surface area (Å²) >= 11 is 0. The number of aryl methyl sites for hydroxylation is 1. The lowest BCUT2D eigenvalue weighted by Crippen LogP contribution is -1.99. The molecule has 0 atom stereocenters. The molecule has 0 aliphatic heterocycles. The Morgan fingerprint density at radius 3 is 2.62 bits per heavy atom. The average Bonchev–Trinajstić information content (AvgIpc) is 2.95. The summed E-state index contributed by atoms with van der Waals surface area (Å²) in [6.45, 7) is 1.99. The monoisotopic (exact) mass is 274 g/mol. The third kappa shape index (κ3) is 1.69. The standard InChI is InChI=1S/C17H14N4/c1-11-15(18)9-10-16-19-20-17(21(11)16)14-8-4-6-12-5-2-3-7-13(12)14/h2-10H,18H2,1H3. The van der Waals surface area contributed by atoms with Gasteiger partial charge >= 0.3 is 0 Å². The Kier molecular flexibility index (Phi) is 2.44. The molecule has 0 saturated carbocycles. The van der Waals surface area contributed by atoms with Crippen molar-refractivity contribution in [2.24, 2.45) is 0 Å². The van der Waals surface area contributed by atoms with Crippen LogP contribution >= 0.6 is 0 Å². The van der Waals surface area contributed by atoms with E-state index in [-0.39, 0.29) is 0 Å². The summed E-state index contributed by atoms with van der Waals surface area (Å²) in [7, 11) is 0. The first kappa shape index (κ1) is 11.9. The van der Waals surface area contributed by atoms with Crippen molar-refractivity contribution in [3.8, 4) is 11.4 Å². The lowest BCUT2D eigenvalue weighted by atomic mass is 10.0. The Morgan fingerprint density at radius 1 is 0.905 bits per heavy atom. The molecule has 102 valence electrons. The number of fused-ring (bicyclic) bond motifs is 2. The molecule has 4 aromatic rings. The molecule has 0 fully saturated rings. The van der Waals surface area contributed by atoms with Crippen molar-refractivity contribution in [3.05, 3.63) is 60.3 Å². The first-order chi connectivity index (χ1) is 10.3. The molecule has 21 heavy (non-hydrogen) atoms. The van der Waals surface area contributed by atoms with Crippen LogP contribution in [0.2, 0.25) is 0 Å². The molecule has 0 bridgehead atoms. The summed E-state index contributed by atoms with van der Waals surface area (Å²) in [4.78, 5) is 0. The van der Waals surface area contributed by atoms with E-state index in [9.17, 15) is 0 Å². The Hall–Kier alpha value is -2.88. The van der Waals surface area contributed by atoms with Gasteiger partial charge in [-0.1, -0.05) is 42.5 Å². The van der Waals surface area contributed by atoms with E-state index in [4.69, 9.17) is 5.73 Å². The highest BCUT2D eigenvalue weighted by molar-refractivity contribution is 5.95. The highest BCUT2D eigenvalue weighted by Gasteiger charge is 2.13. The van der Waals surface area contributed by atoms with Crippen molar-refractivity contribution in [1.82, 2.24) is 14.6 Å². The Balaban J connectivity index is 2.12. The highest BCUT2D eigenvalue weighted by Crippen LogP contribution is 2.29. The van der Waals surface area contributed by atoms with Crippen LogP contribution in [-0.2, 0) is 0 Å². The molecule has 2 aromatic heterocycles. The van der Waals surface area contributed by atoms with E-state index in [2.05, 4.69) is 34.5 Å². The summed E-state index contributed by atoms with van der Waals surface area (Å²) in [5.41, 5.74) is 9.60. The normalized spacial score (nSPS) is 11.3. The molecule has 0 radical (unpaired) electrons. The number of anilines is 1. The number of benzene rings is 2. The summed E-state index contributed by atoms with van der Waals surface area (Å²) in [6, 6.07) is 18.3. The fraction of sp³-hybridized carbons (Fsp3) is 0.0588. The fourth-order valence-electron chi connectivity index (χ4n) is 2.74. The topological polar surface area (TPSA) is 56.2 Å². The van der Waals surface area contributed by atoms with Crippen LogP contribution in [0.1, 0.15) is 5.69 Å². The van der Waals surface area contributed by atoms with Crippen LogP contribution in [0.4, 0.5) is 5.69 Å². The van der Waals surface area contributed by atoms with Crippen LogP contribution in [0.3, 0.4) is 0 Å². The van der Waals surface area contributed by atoms with Gasteiger partial charge in [0.05, 0.1) is 5.69 Å². The molecule has 2 aromatic carbocycles. The fourth-order valence-corrected chi connectivity index (χ4v) is 2.74. The van der Waals surface area contributed by atoms with Gasteiger partial charge in [0.25, 0.3) is 0 Å². The van der Waals surface area contributed by atoms with Gasteiger partial charge in [-0.15, -0.1) is 10.2 Å². The van der Waals surface area contributed by atoms with Gasteiger partial charge in [-0.3, -0.25) is 4.40 Å². The van der Waals surface area contributed by atoms with Crippen molar-refractivity contribution >= 4 is 22.1 Å². The molecular weight excluding hydrogens is 260 g/mol. The van der Waals surface area contributed by atoms with Crippen LogP contribution in [0.25, 0.3) is 27.8 Å². The van der Waals surface area contributed by atoms with Crippen LogP contribution < -0.4 is 5.73 Å². The first-order valence-corrected chi connectivity index (χ1v) is 6.84. The van der Waals surface area contributed by atoms with E-state index in [1.165, 1.54) is 5.39 Å². The zero-order valence-corrected chi connectivity index (χ0v) is 11.6. The van der Waals surface area contributed by atoms with Gasteiger partial charge in [-0.05, 0) is 29.8 Å². The van der Waals surface area contributed by atoms with Crippen molar-refractivity contribution < 1.29 is 0 Å². The number of nitrogen functional groups attached to an aromatic ring is 1. The molecule has 0 aliphatic rings. The van der Waals surface area contributed by atoms with Gasteiger partial charge in [0.15, 0.2) is 11.5 Å². The number of hydrogen-bond donors (Lipinski definition) is 1. The maximum Gasteiger partial charge on any atom is 0.169 e. The molecule has 2 heterocycles. The molecule has 0 aliphatic carbocycles. The van der Waals surface area contributed by atoms with Gasteiger partial charge in [0, 0.05) is 11.3 Å². The minimum atomic E-state index is 0.740. The third-order valence-corrected chi connectivity index (χ3v) is 3.88. The highest BCUT2D eigenvalue weighted by atomic mass is 15.3. The molecule has 2 N–H and O–H groups in total. The predicted octanol–water partition coefficient (Wildman–Crippen LogP) is 3.44. The zero-order valence-electron chi connectivity index (χ0n) is 11.6. The summed E-state index contributed by atoms with van der Waals surface area (Å²) in [6.07, 6.45) is 0. The quantitative estimate of drug-likeness (QED) is 0.578. The Labute approximate surface area is 121 Å². The van der Waals surface area contributed by atoms with Gasteiger partial charge in [0.2, 0.25) is 0 Å². The van der Waals surface area contributed by atoms with E-state index in [0.717, 1.165) is 33.8 Å². The number of rotatable bonds is 1. The molecular formula is C17H14N4. The summed E-state index contributed by atoms with van der Waals surface area (Å²) < 4.78 is 2.01. The van der Waals surface area contributed by atoms with E-state index < -0.39 is 0 Å². The Morgan fingerprint density at radius 2 is 1.71 bits per heavy atom. The van der Waals surface area contributed by atoms with Gasteiger partial charge in [0.1, 0.15) is 0 Å². The Bertz CT molecular complexity index is 964. The van der Waals surface area contributed by atoms with Gasteiger partial charge < -0.3 is 5.73 Å². The van der Waals surface area contributed by atoms with Crippen molar-refractivity contribution in [3.63, 3.8) is 0 Å². The third-order valence-electron chi connectivity index (χ3n) is 3.88. The minimum absolute atomic E-state index is 0.740. The van der Waals surface area contributed by atoms with Crippen LogP contribution in [-0.4, -0.2) is 14.6 Å². The second-order valence-corrected chi connectivity index (χ2v) is 5.12. The van der Waals surface area contributed by atoms with Gasteiger partial charge in [-0.25, -0.2) is 0 Å². The SMILES string of the molecule is Cc1c(N)ccc2nnc(-c3cccc4ccccc34)n12. The smallest absolute Gasteiger partial charge is 0.169 e. The molecule has 4 rings (SSSR count). The van der Waals surface area contributed by atoms with Crippen LogP contribution in [0.5, 0.6) is 0 Å². The minimum Gasteiger partial charge on any atom is -0.397 e. The van der Waals surface area contributed by atoms with Crippen molar-refractivity contribution in [1.29, 1.82) is 0 Å². The van der Waals surface area contributed by atoms with E-state index in [0.29, 0.717) is 0 Å². The number of nitrogens with zero attached hydrogens (tertiary/aromatic N) is 3. The van der Waals surface area contributed by atoms with Crippen molar-refractivity contribution in [2.45, 2.75) is 6.92 Å². The average molecular weight is 274 g/mol. The maximum absolute atomic E-state index is 6.03. The number of pyridine rings is 1. The molecule has 0 amide bonds. The number of aromatic nitrogens is 3. The van der Waals surface area contributed by atoms with E-state index in [1.807, 2.05) is 41.7 Å². The largest absolute Gasteiger partial charge is 0.397 e. The van der Waals surface area contributed by atoms with Crippen LogP contribution in [0.15, 0.2) is 54.6 Å². The first-order valence-electron chi connectivity index (χ1n) is 6.84. The lowest BCUT2D eigenvalue weighted by Gasteiger charge is -2.08. The van der Waals surface area contributed by atoms with E-state index in [1.54, 1.807) is 0 Å². The molecule has 0 unspecified atom stereocenters. The summed E-state index contributed by atoms with van der Waals surface area (Å²) in [5.74, 6) is 0.826. The number of hydrogen-bond acceptors (Lipinski definition) is 3. The maximum atomic E-state index is 6.03.